The van der Waals surface area contributed by atoms with E-state index in [0.717, 1.165) is 11.3 Å². The molecule has 8 nitrogen and oxygen atoms in total. The van der Waals surface area contributed by atoms with E-state index in [0.29, 0.717) is 18.7 Å². The topological polar surface area (TPSA) is 105 Å². The maximum Gasteiger partial charge on any atom is 0.276 e. The average molecular weight is 320 g/mol. The third kappa shape index (κ3) is 2.75. The molecule has 2 aromatic rings. The van der Waals surface area contributed by atoms with Crippen molar-refractivity contribution in [2.24, 2.45) is 7.05 Å². The Morgan fingerprint density at radius 1 is 1.52 bits per heavy atom. The standard InChI is InChI=1S/C15H20N4O4/c1-9-10(7-16-18(9)3)12-6-11(17-23-12)14(21)19-5-4-15(2,22)13(20)8-19/h6-7,13,20,22H,4-5,8H2,1-3H3/t13-,15+/m0/s1. The fraction of sp³-hybridized carbons (Fsp3) is 0.533. The van der Waals surface area contributed by atoms with Gasteiger partial charge >= 0.3 is 0 Å². The summed E-state index contributed by atoms with van der Waals surface area (Å²) >= 11 is 0. The first kappa shape index (κ1) is 15.7. The predicted molar refractivity (Wildman–Crippen MR) is 80.6 cm³/mol. The van der Waals surface area contributed by atoms with E-state index in [1.165, 1.54) is 4.90 Å². The van der Waals surface area contributed by atoms with Gasteiger partial charge in [-0.15, -0.1) is 0 Å². The lowest BCUT2D eigenvalue weighted by Gasteiger charge is -2.39. The summed E-state index contributed by atoms with van der Waals surface area (Å²) in [6.07, 6.45) is 0.991. The van der Waals surface area contributed by atoms with Crippen molar-refractivity contribution in [1.82, 2.24) is 19.8 Å². The predicted octanol–water partition coefficient (Wildman–Crippen LogP) is 0.341. The van der Waals surface area contributed by atoms with Crippen molar-refractivity contribution < 1.29 is 19.5 Å². The number of amides is 1. The van der Waals surface area contributed by atoms with Crippen LogP contribution in [-0.4, -0.2) is 60.8 Å². The molecule has 0 radical (unpaired) electrons. The maximum atomic E-state index is 12.5. The van der Waals surface area contributed by atoms with Gasteiger partial charge in [0, 0.05) is 31.9 Å². The third-order valence-corrected chi connectivity index (χ3v) is 4.52. The molecule has 1 fully saturated rings. The van der Waals surface area contributed by atoms with Gasteiger partial charge in [-0.3, -0.25) is 9.48 Å². The largest absolute Gasteiger partial charge is 0.388 e. The Hall–Kier alpha value is -2.19. The quantitative estimate of drug-likeness (QED) is 0.827. The van der Waals surface area contributed by atoms with Gasteiger partial charge in [0.25, 0.3) is 5.91 Å². The molecule has 1 aliphatic rings. The highest BCUT2D eigenvalue weighted by Gasteiger charge is 2.38. The first-order valence-electron chi connectivity index (χ1n) is 7.45. The molecule has 0 aliphatic carbocycles. The van der Waals surface area contributed by atoms with Crippen LogP contribution >= 0.6 is 0 Å². The van der Waals surface area contributed by atoms with Gasteiger partial charge in [-0.25, -0.2) is 0 Å². The van der Waals surface area contributed by atoms with Crippen LogP contribution in [-0.2, 0) is 7.05 Å². The summed E-state index contributed by atoms with van der Waals surface area (Å²) in [5.74, 6) is 0.152. The Bertz CT molecular complexity index is 734. The molecular weight excluding hydrogens is 300 g/mol. The van der Waals surface area contributed by atoms with Crippen LogP contribution in [0.25, 0.3) is 11.3 Å². The average Bonchev–Trinajstić information content (AvgIpc) is 3.10. The molecule has 3 heterocycles. The van der Waals surface area contributed by atoms with E-state index in [1.807, 2.05) is 14.0 Å². The summed E-state index contributed by atoms with van der Waals surface area (Å²) in [5.41, 5.74) is 0.695. The van der Waals surface area contributed by atoms with Gasteiger partial charge in [-0.2, -0.15) is 5.10 Å². The third-order valence-electron chi connectivity index (χ3n) is 4.52. The van der Waals surface area contributed by atoms with Crippen molar-refractivity contribution in [3.05, 3.63) is 23.7 Å². The van der Waals surface area contributed by atoms with Gasteiger partial charge in [-0.05, 0) is 20.3 Å². The Morgan fingerprint density at radius 3 is 2.87 bits per heavy atom. The smallest absolute Gasteiger partial charge is 0.276 e. The highest BCUT2D eigenvalue weighted by Crippen LogP contribution is 2.26. The Morgan fingerprint density at radius 2 is 2.26 bits per heavy atom. The van der Waals surface area contributed by atoms with Gasteiger partial charge in [0.05, 0.1) is 23.5 Å². The molecule has 0 bridgehead atoms. The van der Waals surface area contributed by atoms with Crippen LogP contribution in [0.3, 0.4) is 0 Å². The zero-order valence-corrected chi connectivity index (χ0v) is 13.4. The number of aryl methyl sites for hydroxylation is 1. The van der Waals surface area contributed by atoms with Crippen LogP contribution in [0.5, 0.6) is 0 Å². The molecule has 0 saturated carbocycles. The molecule has 0 aromatic carbocycles. The zero-order chi connectivity index (χ0) is 16.8. The van der Waals surface area contributed by atoms with Crippen LogP contribution in [0.4, 0.5) is 0 Å². The van der Waals surface area contributed by atoms with Crippen LogP contribution < -0.4 is 0 Å². The summed E-state index contributed by atoms with van der Waals surface area (Å²) in [5, 5.41) is 27.9. The van der Waals surface area contributed by atoms with Gasteiger partial charge in [-0.1, -0.05) is 5.16 Å². The lowest BCUT2D eigenvalue weighted by molar-refractivity contribution is -0.1000. The normalized spacial score (nSPS) is 24.9. The first-order chi connectivity index (χ1) is 10.8. The van der Waals surface area contributed by atoms with Gasteiger partial charge in [0.1, 0.15) is 0 Å². The summed E-state index contributed by atoms with van der Waals surface area (Å²) < 4.78 is 6.97. The Balaban J connectivity index is 1.78. The van der Waals surface area contributed by atoms with Gasteiger partial charge in [0.2, 0.25) is 0 Å². The Kier molecular flexibility index (Phi) is 3.73. The number of β-amino-alcohol motifs (C(OH)–C–C–N with tert-alkyl or cyclic N) is 1. The summed E-state index contributed by atoms with van der Waals surface area (Å²) in [6, 6.07) is 1.57. The molecular formula is C15H20N4O4. The highest BCUT2D eigenvalue weighted by atomic mass is 16.5. The van der Waals surface area contributed by atoms with Crippen LogP contribution in [0.2, 0.25) is 0 Å². The number of piperidine rings is 1. The maximum absolute atomic E-state index is 12.5. The summed E-state index contributed by atoms with van der Waals surface area (Å²) in [7, 11) is 1.82. The molecule has 2 N–H and O–H groups in total. The number of likely N-dealkylation sites (tertiary alicyclic amines) is 1. The number of hydrogen-bond donors (Lipinski definition) is 2. The van der Waals surface area contributed by atoms with E-state index in [-0.39, 0.29) is 18.1 Å². The minimum Gasteiger partial charge on any atom is -0.388 e. The Labute approximate surface area is 133 Å². The molecule has 1 amide bonds. The van der Waals surface area contributed by atoms with Crippen molar-refractivity contribution >= 4 is 5.91 Å². The van der Waals surface area contributed by atoms with E-state index >= 15 is 0 Å². The second-order valence-corrected chi connectivity index (χ2v) is 6.22. The van der Waals surface area contributed by atoms with E-state index in [9.17, 15) is 15.0 Å². The lowest BCUT2D eigenvalue weighted by Crippen LogP contribution is -2.55. The number of hydrogen-bond acceptors (Lipinski definition) is 6. The van der Waals surface area contributed by atoms with E-state index in [4.69, 9.17) is 4.52 Å². The molecule has 3 rings (SSSR count). The second kappa shape index (κ2) is 5.47. The molecule has 1 aliphatic heterocycles. The van der Waals surface area contributed by atoms with Gasteiger partial charge in [0.15, 0.2) is 11.5 Å². The van der Waals surface area contributed by atoms with E-state index in [2.05, 4.69) is 10.3 Å². The number of nitrogens with zero attached hydrogens (tertiary/aromatic N) is 4. The summed E-state index contributed by atoms with van der Waals surface area (Å²) in [4.78, 5) is 14.0. The van der Waals surface area contributed by atoms with Crippen molar-refractivity contribution in [2.75, 3.05) is 13.1 Å². The SMILES string of the molecule is Cc1c(-c2cc(C(=O)N3CC[C@@](C)(O)[C@@H](O)C3)no2)cnn1C. The van der Waals surface area contributed by atoms with Crippen molar-refractivity contribution in [3.63, 3.8) is 0 Å². The lowest BCUT2D eigenvalue weighted by atomic mass is 9.90. The minimum atomic E-state index is -1.17. The molecule has 2 aromatic heterocycles. The molecule has 2 atom stereocenters. The molecule has 23 heavy (non-hydrogen) atoms. The van der Waals surface area contributed by atoms with Crippen LogP contribution in [0.15, 0.2) is 16.8 Å². The number of aliphatic hydroxyl groups excluding tert-OH is 1. The van der Waals surface area contributed by atoms with Gasteiger partial charge < -0.3 is 19.6 Å². The highest BCUT2D eigenvalue weighted by molar-refractivity contribution is 5.93. The van der Waals surface area contributed by atoms with Crippen molar-refractivity contribution in [2.45, 2.75) is 32.0 Å². The fourth-order valence-electron chi connectivity index (χ4n) is 2.61. The molecule has 0 unspecified atom stereocenters. The molecule has 0 spiro atoms. The molecule has 1 saturated heterocycles. The fourth-order valence-corrected chi connectivity index (χ4v) is 2.61. The van der Waals surface area contributed by atoms with E-state index < -0.39 is 11.7 Å². The number of aromatic nitrogens is 3. The number of rotatable bonds is 2. The van der Waals surface area contributed by atoms with E-state index in [1.54, 1.807) is 23.9 Å². The molecule has 8 heteroatoms. The van der Waals surface area contributed by atoms with Crippen LogP contribution in [0, 0.1) is 6.92 Å². The second-order valence-electron chi connectivity index (χ2n) is 6.22. The number of carbonyl (C=O) groups excluding carboxylic acids is 1. The number of aliphatic hydroxyl groups is 2. The minimum absolute atomic E-state index is 0.0694. The summed E-state index contributed by atoms with van der Waals surface area (Å²) in [6.45, 7) is 3.89. The zero-order valence-electron chi connectivity index (χ0n) is 13.4. The van der Waals surface area contributed by atoms with Crippen LogP contribution in [0.1, 0.15) is 29.5 Å². The first-order valence-corrected chi connectivity index (χ1v) is 7.45. The molecule has 124 valence electrons. The number of carbonyl (C=O) groups is 1. The van der Waals surface area contributed by atoms with Crippen molar-refractivity contribution in [3.8, 4) is 11.3 Å². The monoisotopic (exact) mass is 320 g/mol. The van der Waals surface area contributed by atoms with Crippen molar-refractivity contribution in [1.29, 1.82) is 0 Å².